The predicted octanol–water partition coefficient (Wildman–Crippen LogP) is 2.72. The van der Waals surface area contributed by atoms with Gasteiger partial charge in [0.15, 0.2) is 0 Å². The van der Waals surface area contributed by atoms with Crippen LogP contribution >= 0.6 is 0 Å². The third-order valence-corrected chi connectivity index (χ3v) is 4.80. The number of amides is 1. The maximum Gasteiger partial charge on any atom is 0.241 e. The van der Waals surface area contributed by atoms with Gasteiger partial charge in [0.05, 0.1) is 12.6 Å². The molecule has 1 aliphatic heterocycles. The van der Waals surface area contributed by atoms with E-state index in [2.05, 4.69) is 10.6 Å². The summed E-state index contributed by atoms with van der Waals surface area (Å²) >= 11 is 0. The van der Waals surface area contributed by atoms with Crippen LogP contribution in [0.4, 0.5) is 5.69 Å². The highest BCUT2D eigenvalue weighted by atomic mass is 16.5. The lowest BCUT2D eigenvalue weighted by Crippen LogP contribution is -2.39. The van der Waals surface area contributed by atoms with Crippen molar-refractivity contribution in [2.75, 3.05) is 18.5 Å². The molecule has 3 atom stereocenters. The minimum Gasteiger partial charge on any atom is -0.494 e. The fourth-order valence-corrected chi connectivity index (χ4v) is 3.72. The second kappa shape index (κ2) is 6.06. The monoisotopic (exact) mass is 288 g/mol. The van der Waals surface area contributed by atoms with Gasteiger partial charge in [-0.05, 0) is 68.8 Å². The third kappa shape index (κ3) is 2.91. The van der Waals surface area contributed by atoms with Crippen molar-refractivity contribution < 1.29 is 9.53 Å². The molecule has 0 aromatic heterocycles. The summed E-state index contributed by atoms with van der Waals surface area (Å²) in [5.41, 5.74) is 1.92. The number of rotatable bonds is 4. The SMILES string of the molecule is CCOc1ccc(NC(=O)C2NCC3CCCC32)c(C)c1. The molecule has 3 unspecified atom stereocenters. The van der Waals surface area contributed by atoms with E-state index < -0.39 is 0 Å². The first-order valence-corrected chi connectivity index (χ1v) is 7.96. The Balaban J connectivity index is 1.67. The normalized spacial score (nSPS) is 27.4. The van der Waals surface area contributed by atoms with Crippen molar-refractivity contribution in [1.29, 1.82) is 0 Å². The smallest absolute Gasteiger partial charge is 0.241 e. The predicted molar refractivity (Wildman–Crippen MR) is 83.6 cm³/mol. The number of hydrogen-bond donors (Lipinski definition) is 2. The summed E-state index contributed by atoms with van der Waals surface area (Å²) in [7, 11) is 0. The quantitative estimate of drug-likeness (QED) is 0.895. The van der Waals surface area contributed by atoms with Gasteiger partial charge >= 0.3 is 0 Å². The highest BCUT2D eigenvalue weighted by Gasteiger charge is 2.42. The van der Waals surface area contributed by atoms with Crippen LogP contribution in [0.25, 0.3) is 0 Å². The van der Waals surface area contributed by atoms with E-state index in [-0.39, 0.29) is 11.9 Å². The highest BCUT2D eigenvalue weighted by Crippen LogP contribution is 2.38. The van der Waals surface area contributed by atoms with Gasteiger partial charge < -0.3 is 15.4 Å². The van der Waals surface area contributed by atoms with Gasteiger partial charge in [-0.1, -0.05) is 6.42 Å². The molecule has 1 heterocycles. The lowest BCUT2D eigenvalue weighted by atomic mass is 9.93. The molecular formula is C17H24N2O2. The van der Waals surface area contributed by atoms with Crippen molar-refractivity contribution in [3.8, 4) is 5.75 Å². The number of aryl methyl sites for hydroxylation is 1. The van der Waals surface area contributed by atoms with Gasteiger partial charge in [0.2, 0.25) is 5.91 Å². The Morgan fingerprint density at radius 3 is 3.05 bits per heavy atom. The molecule has 1 saturated carbocycles. The highest BCUT2D eigenvalue weighted by molar-refractivity contribution is 5.96. The molecule has 1 aromatic carbocycles. The second-order valence-corrected chi connectivity index (χ2v) is 6.14. The molecule has 2 fully saturated rings. The van der Waals surface area contributed by atoms with Gasteiger partial charge in [-0.15, -0.1) is 0 Å². The molecule has 114 valence electrons. The molecule has 0 radical (unpaired) electrons. The zero-order valence-electron chi connectivity index (χ0n) is 12.8. The van der Waals surface area contributed by atoms with Crippen molar-refractivity contribution in [2.24, 2.45) is 11.8 Å². The molecule has 1 saturated heterocycles. The average Bonchev–Trinajstić information content (AvgIpc) is 3.04. The maximum absolute atomic E-state index is 12.5. The van der Waals surface area contributed by atoms with Crippen LogP contribution in [0.3, 0.4) is 0 Å². The third-order valence-electron chi connectivity index (χ3n) is 4.80. The van der Waals surface area contributed by atoms with E-state index in [4.69, 9.17) is 4.74 Å². The van der Waals surface area contributed by atoms with E-state index in [1.54, 1.807) is 0 Å². The molecule has 0 bridgehead atoms. The Kier molecular flexibility index (Phi) is 4.15. The van der Waals surface area contributed by atoms with Crippen molar-refractivity contribution >= 4 is 11.6 Å². The lowest BCUT2D eigenvalue weighted by Gasteiger charge is -2.19. The van der Waals surface area contributed by atoms with E-state index in [0.717, 1.165) is 23.5 Å². The van der Waals surface area contributed by atoms with Crippen molar-refractivity contribution in [2.45, 2.75) is 39.2 Å². The van der Waals surface area contributed by atoms with Crippen LogP contribution in [0.1, 0.15) is 31.7 Å². The number of fused-ring (bicyclic) bond motifs is 1. The van der Waals surface area contributed by atoms with Crippen LogP contribution in [0.2, 0.25) is 0 Å². The number of carbonyl (C=O) groups excluding carboxylic acids is 1. The van der Waals surface area contributed by atoms with Crippen molar-refractivity contribution in [3.05, 3.63) is 23.8 Å². The fraction of sp³-hybridized carbons (Fsp3) is 0.588. The van der Waals surface area contributed by atoms with Gasteiger partial charge in [-0.2, -0.15) is 0 Å². The maximum atomic E-state index is 12.5. The number of anilines is 1. The summed E-state index contributed by atoms with van der Waals surface area (Å²) in [6.07, 6.45) is 3.71. The van der Waals surface area contributed by atoms with Gasteiger partial charge in [0, 0.05) is 5.69 Å². The molecule has 21 heavy (non-hydrogen) atoms. The Morgan fingerprint density at radius 1 is 1.43 bits per heavy atom. The molecular weight excluding hydrogens is 264 g/mol. The molecule has 0 spiro atoms. The number of benzene rings is 1. The van der Waals surface area contributed by atoms with Gasteiger partial charge in [-0.25, -0.2) is 0 Å². The van der Waals surface area contributed by atoms with Crippen LogP contribution in [0.15, 0.2) is 18.2 Å². The van der Waals surface area contributed by atoms with Gasteiger partial charge in [0.1, 0.15) is 5.75 Å². The number of carbonyl (C=O) groups is 1. The Hall–Kier alpha value is -1.55. The summed E-state index contributed by atoms with van der Waals surface area (Å²) in [5.74, 6) is 2.18. The first-order chi connectivity index (χ1) is 10.2. The summed E-state index contributed by atoms with van der Waals surface area (Å²) in [5, 5.41) is 6.47. The molecule has 4 nitrogen and oxygen atoms in total. The summed E-state index contributed by atoms with van der Waals surface area (Å²) in [6.45, 7) is 5.61. The molecule has 2 N–H and O–H groups in total. The number of nitrogens with one attached hydrogen (secondary N) is 2. The summed E-state index contributed by atoms with van der Waals surface area (Å²) in [4.78, 5) is 12.5. The zero-order chi connectivity index (χ0) is 14.8. The number of hydrogen-bond acceptors (Lipinski definition) is 3. The molecule has 1 aliphatic carbocycles. The van der Waals surface area contributed by atoms with Crippen LogP contribution in [0.5, 0.6) is 5.75 Å². The molecule has 1 aromatic rings. The van der Waals surface area contributed by atoms with E-state index in [1.165, 1.54) is 19.3 Å². The standard InChI is InChI=1S/C17H24N2O2/c1-3-21-13-7-8-15(11(2)9-13)19-17(20)16-14-6-4-5-12(14)10-18-16/h7-9,12,14,16,18H,3-6,10H2,1-2H3,(H,19,20). The summed E-state index contributed by atoms with van der Waals surface area (Å²) in [6, 6.07) is 5.79. The Bertz CT molecular complexity index is 530. The van der Waals surface area contributed by atoms with Gasteiger partial charge in [0.25, 0.3) is 0 Å². The van der Waals surface area contributed by atoms with E-state index >= 15 is 0 Å². The van der Waals surface area contributed by atoms with E-state index in [1.807, 2.05) is 32.0 Å². The first-order valence-electron chi connectivity index (χ1n) is 7.96. The second-order valence-electron chi connectivity index (χ2n) is 6.14. The van der Waals surface area contributed by atoms with E-state index in [0.29, 0.717) is 18.4 Å². The minimum absolute atomic E-state index is 0.0246. The Morgan fingerprint density at radius 2 is 2.29 bits per heavy atom. The van der Waals surface area contributed by atoms with Crippen molar-refractivity contribution in [1.82, 2.24) is 5.32 Å². The zero-order valence-corrected chi connectivity index (χ0v) is 12.8. The molecule has 4 heteroatoms. The molecule has 3 rings (SSSR count). The Labute approximate surface area is 126 Å². The first kappa shape index (κ1) is 14.4. The molecule has 1 amide bonds. The van der Waals surface area contributed by atoms with Crippen LogP contribution in [-0.2, 0) is 4.79 Å². The van der Waals surface area contributed by atoms with Crippen LogP contribution < -0.4 is 15.4 Å². The van der Waals surface area contributed by atoms with Crippen molar-refractivity contribution in [3.63, 3.8) is 0 Å². The van der Waals surface area contributed by atoms with Crippen LogP contribution in [-0.4, -0.2) is 25.1 Å². The lowest BCUT2D eigenvalue weighted by molar-refractivity contribution is -0.118. The van der Waals surface area contributed by atoms with Gasteiger partial charge in [-0.3, -0.25) is 4.79 Å². The van der Waals surface area contributed by atoms with E-state index in [9.17, 15) is 4.79 Å². The average molecular weight is 288 g/mol. The number of ether oxygens (including phenoxy) is 1. The fourth-order valence-electron chi connectivity index (χ4n) is 3.72. The summed E-state index contributed by atoms with van der Waals surface area (Å²) < 4.78 is 5.48. The van der Waals surface area contributed by atoms with Crippen LogP contribution in [0, 0.1) is 18.8 Å². The minimum atomic E-state index is -0.0246. The molecule has 2 aliphatic rings. The largest absolute Gasteiger partial charge is 0.494 e. The topological polar surface area (TPSA) is 50.4 Å².